The standard InChI is InChI=1S/C21H24N4O/c1-5-26-18-10-8-17(9-11-18)23-20-13-16(4)22-21(25-20)24-19-12-14(2)6-7-15(19)3/h6-13H,5H2,1-4H3,(H2,22,23,24,25). The van der Waals surface area contributed by atoms with Gasteiger partial charge < -0.3 is 15.4 Å². The Morgan fingerprint density at radius 2 is 1.65 bits per heavy atom. The zero-order chi connectivity index (χ0) is 18.5. The number of nitrogens with one attached hydrogen (secondary N) is 2. The summed E-state index contributed by atoms with van der Waals surface area (Å²) in [5, 5.41) is 6.64. The van der Waals surface area contributed by atoms with Gasteiger partial charge in [-0.3, -0.25) is 0 Å². The lowest BCUT2D eigenvalue weighted by atomic mass is 10.1. The van der Waals surface area contributed by atoms with Crippen molar-refractivity contribution >= 4 is 23.1 Å². The number of aromatic nitrogens is 2. The van der Waals surface area contributed by atoms with Gasteiger partial charge in [0.05, 0.1) is 6.61 Å². The molecular weight excluding hydrogens is 324 g/mol. The van der Waals surface area contributed by atoms with Gasteiger partial charge in [-0.05, 0) is 69.2 Å². The average Bonchev–Trinajstić information content (AvgIpc) is 2.60. The fraction of sp³-hybridized carbons (Fsp3) is 0.238. The Kier molecular flexibility index (Phi) is 5.37. The molecule has 5 heteroatoms. The van der Waals surface area contributed by atoms with Crippen LogP contribution in [0.3, 0.4) is 0 Å². The van der Waals surface area contributed by atoms with Crippen molar-refractivity contribution in [2.24, 2.45) is 0 Å². The van der Waals surface area contributed by atoms with Gasteiger partial charge in [0.15, 0.2) is 0 Å². The van der Waals surface area contributed by atoms with Crippen LogP contribution >= 0.6 is 0 Å². The third-order valence-corrected chi connectivity index (χ3v) is 3.93. The summed E-state index contributed by atoms with van der Waals surface area (Å²) in [6.07, 6.45) is 0. The molecule has 5 nitrogen and oxygen atoms in total. The Morgan fingerprint density at radius 3 is 2.38 bits per heavy atom. The molecule has 0 atom stereocenters. The summed E-state index contributed by atoms with van der Waals surface area (Å²) >= 11 is 0. The minimum Gasteiger partial charge on any atom is -0.494 e. The molecule has 3 rings (SSSR count). The van der Waals surface area contributed by atoms with Crippen molar-refractivity contribution in [2.75, 3.05) is 17.2 Å². The summed E-state index contributed by atoms with van der Waals surface area (Å²) in [6.45, 7) is 8.72. The summed E-state index contributed by atoms with van der Waals surface area (Å²) in [4.78, 5) is 9.09. The normalized spacial score (nSPS) is 10.5. The summed E-state index contributed by atoms with van der Waals surface area (Å²) in [7, 11) is 0. The highest BCUT2D eigenvalue weighted by Gasteiger charge is 2.06. The number of nitrogens with zero attached hydrogens (tertiary/aromatic N) is 2. The molecule has 1 aromatic heterocycles. The van der Waals surface area contributed by atoms with Crippen LogP contribution in [0.25, 0.3) is 0 Å². The molecule has 0 fully saturated rings. The Labute approximate surface area is 154 Å². The van der Waals surface area contributed by atoms with Gasteiger partial charge in [-0.1, -0.05) is 12.1 Å². The molecule has 0 saturated heterocycles. The summed E-state index contributed by atoms with van der Waals surface area (Å²) < 4.78 is 5.47. The minimum atomic E-state index is 0.576. The van der Waals surface area contributed by atoms with Crippen molar-refractivity contribution < 1.29 is 4.74 Å². The zero-order valence-corrected chi connectivity index (χ0v) is 15.6. The van der Waals surface area contributed by atoms with Gasteiger partial charge in [0.1, 0.15) is 11.6 Å². The lowest BCUT2D eigenvalue weighted by Crippen LogP contribution is -2.03. The van der Waals surface area contributed by atoms with Crippen LogP contribution in [0.1, 0.15) is 23.7 Å². The maximum atomic E-state index is 5.47. The largest absolute Gasteiger partial charge is 0.494 e. The molecule has 2 N–H and O–H groups in total. The average molecular weight is 348 g/mol. The highest BCUT2D eigenvalue weighted by Crippen LogP contribution is 2.23. The number of anilines is 4. The van der Waals surface area contributed by atoms with Gasteiger partial charge >= 0.3 is 0 Å². The first-order chi connectivity index (χ1) is 12.5. The van der Waals surface area contributed by atoms with E-state index in [4.69, 9.17) is 4.74 Å². The first kappa shape index (κ1) is 17.7. The van der Waals surface area contributed by atoms with Crippen LogP contribution in [0.2, 0.25) is 0 Å². The first-order valence-corrected chi connectivity index (χ1v) is 8.73. The summed E-state index contributed by atoms with van der Waals surface area (Å²) in [5.74, 6) is 2.18. The van der Waals surface area contributed by atoms with Gasteiger partial charge in [-0.15, -0.1) is 0 Å². The molecule has 2 aromatic carbocycles. The highest BCUT2D eigenvalue weighted by molar-refractivity contribution is 5.63. The van der Waals surface area contributed by atoms with E-state index in [9.17, 15) is 0 Å². The van der Waals surface area contributed by atoms with Crippen molar-refractivity contribution in [3.8, 4) is 5.75 Å². The Balaban J connectivity index is 1.80. The topological polar surface area (TPSA) is 59.1 Å². The molecule has 0 aliphatic heterocycles. The van der Waals surface area contributed by atoms with Crippen LogP contribution in [0, 0.1) is 20.8 Å². The van der Waals surface area contributed by atoms with Crippen LogP contribution in [0.4, 0.5) is 23.1 Å². The van der Waals surface area contributed by atoms with Crippen LogP contribution in [-0.2, 0) is 0 Å². The lowest BCUT2D eigenvalue weighted by Gasteiger charge is -2.12. The molecule has 0 spiro atoms. The van der Waals surface area contributed by atoms with E-state index in [-0.39, 0.29) is 0 Å². The number of hydrogen-bond donors (Lipinski definition) is 2. The number of benzene rings is 2. The van der Waals surface area contributed by atoms with E-state index < -0.39 is 0 Å². The van der Waals surface area contributed by atoms with E-state index in [1.807, 2.05) is 44.2 Å². The Bertz CT molecular complexity index is 891. The van der Waals surface area contributed by atoms with Crippen molar-refractivity contribution in [3.63, 3.8) is 0 Å². The highest BCUT2D eigenvalue weighted by atomic mass is 16.5. The minimum absolute atomic E-state index is 0.576. The molecule has 0 amide bonds. The smallest absolute Gasteiger partial charge is 0.229 e. The van der Waals surface area contributed by atoms with Gasteiger partial charge in [-0.2, -0.15) is 4.98 Å². The van der Waals surface area contributed by atoms with Crippen LogP contribution in [-0.4, -0.2) is 16.6 Å². The molecule has 0 aliphatic rings. The molecule has 134 valence electrons. The van der Waals surface area contributed by atoms with E-state index in [1.54, 1.807) is 0 Å². The number of ether oxygens (including phenoxy) is 1. The molecule has 3 aromatic rings. The molecule has 0 aliphatic carbocycles. The number of rotatable bonds is 6. The van der Waals surface area contributed by atoms with Gasteiger partial charge in [-0.25, -0.2) is 4.98 Å². The molecule has 26 heavy (non-hydrogen) atoms. The third-order valence-electron chi connectivity index (χ3n) is 3.93. The monoisotopic (exact) mass is 348 g/mol. The van der Waals surface area contributed by atoms with Crippen molar-refractivity contribution in [1.29, 1.82) is 0 Å². The summed E-state index contributed by atoms with van der Waals surface area (Å²) in [6, 6.07) is 16.0. The van der Waals surface area contributed by atoms with E-state index in [1.165, 1.54) is 5.56 Å². The van der Waals surface area contributed by atoms with Crippen molar-refractivity contribution in [1.82, 2.24) is 9.97 Å². The van der Waals surface area contributed by atoms with E-state index in [0.29, 0.717) is 12.6 Å². The molecular formula is C21H24N4O. The second-order valence-electron chi connectivity index (χ2n) is 6.24. The number of hydrogen-bond acceptors (Lipinski definition) is 5. The first-order valence-electron chi connectivity index (χ1n) is 8.73. The van der Waals surface area contributed by atoms with E-state index >= 15 is 0 Å². The van der Waals surface area contributed by atoms with E-state index in [2.05, 4.69) is 52.6 Å². The Hall–Kier alpha value is -3.08. The molecule has 1 heterocycles. The van der Waals surface area contributed by atoms with Gasteiger partial charge in [0.2, 0.25) is 5.95 Å². The molecule has 0 saturated carbocycles. The van der Waals surface area contributed by atoms with Gasteiger partial charge in [0.25, 0.3) is 0 Å². The van der Waals surface area contributed by atoms with E-state index in [0.717, 1.165) is 34.2 Å². The maximum Gasteiger partial charge on any atom is 0.229 e. The lowest BCUT2D eigenvalue weighted by molar-refractivity contribution is 0.340. The fourth-order valence-electron chi connectivity index (χ4n) is 2.63. The second kappa shape index (κ2) is 7.87. The molecule has 0 unspecified atom stereocenters. The second-order valence-corrected chi connectivity index (χ2v) is 6.24. The third kappa shape index (κ3) is 4.51. The predicted octanol–water partition coefficient (Wildman–Crippen LogP) is 5.29. The molecule has 0 radical (unpaired) electrons. The van der Waals surface area contributed by atoms with Crippen molar-refractivity contribution in [2.45, 2.75) is 27.7 Å². The molecule has 0 bridgehead atoms. The fourth-order valence-corrected chi connectivity index (χ4v) is 2.63. The van der Waals surface area contributed by atoms with Crippen LogP contribution in [0.15, 0.2) is 48.5 Å². The summed E-state index contributed by atoms with van der Waals surface area (Å²) in [5.41, 5.74) is 5.20. The quantitative estimate of drug-likeness (QED) is 0.634. The van der Waals surface area contributed by atoms with Gasteiger partial charge in [0, 0.05) is 23.1 Å². The Morgan fingerprint density at radius 1 is 0.885 bits per heavy atom. The maximum absolute atomic E-state index is 5.47. The van der Waals surface area contributed by atoms with Crippen LogP contribution < -0.4 is 15.4 Å². The SMILES string of the molecule is CCOc1ccc(Nc2cc(C)nc(Nc3cc(C)ccc3C)n2)cc1. The van der Waals surface area contributed by atoms with Crippen molar-refractivity contribution in [3.05, 3.63) is 65.4 Å². The number of aryl methyl sites for hydroxylation is 3. The predicted molar refractivity (Wildman–Crippen MR) is 107 cm³/mol. The zero-order valence-electron chi connectivity index (χ0n) is 15.6. The van der Waals surface area contributed by atoms with Crippen LogP contribution in [0.5, 0.6) is 5.75 Å².